The zero-order chi connectivity index (χ0) is 16.1. The summed E-state index contributed by atoms with van der Waals surface area (Å²) in [6.45, 7) is 5.87. The van der Waals surface area contributed by atoms with E-state index in [2.05, 4.69) is 33.5 Å². The summed E-state index contributed by atoms with van der Waals surface area (Å²) in [7, 11) is 0. The van der Waals surface area contributed by atoms with E-state index in [0.29, 0.717) is 5.71 Å². The molecule has 2 aromatic heterocycles. The monoisotopic (exact) mass is 317 g/mol. The second kappa shape index (κ2) is 7.13. The molecule has 0 radical (unpaired) electrons. The van der Waals surface area contributed by atoms with Crippen LogP contribution >= 0.6 is 11.3 Å². The van der Waals surface area contributed by atoms with Crippen molar-refractivity contribution in [2.75, 3.05) is 0 Å². The molecule has 0 atom stereocenters. The van der Waals surface area contributed by atoms with Crippen molar-refractivity contribution in [1.29, 1.82) is 0 Å². The van der Waals surface area contributed by atoms with Crippen LogP contribution in [0.25, 0.3) is 10.6 Å². The normalized spacial score (nSPS) is 11.5. The maximum absolute atomic E-state index is 10.7. The van der Waals surface area contributed by atoms with Crippen LogP contribution in [0.4, 0.5) is 4.79 Å². The summed E-state index contributed by atoms with van der Waals surface area (Å²) in [5, 5.41) is 4.88. The van der Waals surface area contributed by atoms with Crippen molar-refractivity contribution in [2.45, 2.75) is 33.6 Å². The molecule has 0 saturated carbocycles. The van der Waals surface area contributed by atoms with Crippen LogP contribution in [0, 0.1) is 6.92 Å². The molecular weight excluding hydrogens is 298 g/mol. The number of aromatic nitrogens is 2. The smallest absolute Gasteiger partial charge is 0.332 e. The maximum atomic E-state index is 10.7. The van der Waals surface area contributed by atoms with Crippen LogP contribution in [0.3, 0.4) is 0 Å². The predicted octanol–water partition coefficient (Wildman–Crippen LogP) is 2.86. The molecule has 116 valence electrons. The van der Waals surface area contributed by atoms with Gasteiger partial charge in [0.25, 0.3) is 0 Å². The second-order valence-electron chi connectivity index (χ2n) is 4.89. The zero-order valence-electron chi connectivity index (χ0n) is 12.9. The highest BCUT2D eigenvalue weighted by molar-refractivity contribution is 7.17. The van der Waals surface area contributed by atoms with Crippen LogP contribution in [0.2, 0.25) is 0 Å². The van der Waals surface area contributed by atoms with Gasteiger partial charge in [-0.05, 0) is 32.4 Å². The minimum absolute atomic E-state index is 0.680. The van der Waals surface area contributed by atoms with E-state index in [9.17, 15) is 4.79 Å². The number of hydrogen-bond donors (Lipinski definition) is 2. The van der Waals surface area contributed by atoms with E-state index in [1.54, 1.807) is 0 Å². The van der Waals surface area contributed by atoms with Crippen molar-refractivity contribution in [3.63, 3.8) is 0 Å². The summed E-state index contributed by atoms with van der Waals surface area (Å²) >= 11 is 1.54. The lowest BCUT2D eigenvalue weighted by Crippen LogP contribution is -2.25. The first kappa shape index (κ1) is 16.1. The molecule has 3 N–H and O–H groups in total. The van der Waals surface area contributed by atoms with Gasteiger partial charge in [-0.2, -0.15) is 5.10 Å². The van der Waals surface area contributed by atoms with Gasteiger partial charge in [-0.1, -0.05) is 13.3 Å². The minimum Gasteiger partial charge on any atom is -0.350 e. The molecule has 2 heterocycles. The Morgan fingerprint density at radius 1 is 1.50 bits per heavy atom. The van der Waals surface area contributed by atoms with E-state index in [1.807, 2.05) is 26.1 Å². The minimum atomic E-state index is -0.680. The molecule has 7 heteroatoms. The summed E-state index contributed by atoms with van der Waals surface area (Å²) in [4.78, 5) is 20.6. The molecule has 0 spiro atoms. The van der Waals surface area contributed by atoms with Crippen LogP contribution in [0.15, 0.2) is 23.4 Å². The maximum Gasteiger partial charge on any atom is 0.332 e. The van der Waals surface area contributed by atoms with Gasteiger partial charge in [-0.25, -0.2) is 15.2 Å². The Bertz CT molecular complexity index is 708. The van der Waals surface area contributed by atoms with Gasteiger partial charge in [0.15, 0.2) is 0 Å². The number of aryl methyl sites for hydroxylation is 2. The number of rotatable bonds is 5. The number of nitrogens with zero attached hydrogens (tertiary/aromatic N) is 3. The van der Waals surface area contributed by atoms with Crippen molar-refractivity contribution >= 4 is 23.1 Å². The number of primary amides is 1. The molecule has 0 unspecified atom stereocenters. The highest BCUT2D eigenvalue weighted by atomic mass is 32.1. The molecule has 2 rings (SSSR count). The number of hydrogen-bond acceptors (Lipinski definition) is 5. The van der Waals surface area contributed by atoms with E-state index >= 15 is 0 Å². The molecule has 22 heavy (non-hydrogen) atoms. The predicted molar refractivity (Wildman–Crippen MR) is 89.0 cm³/mol. The molecule has 0 aliphatic heterocycles. The Morgan fingerprint density at radius 3 is 2.95 bits per heavy atom. The van der Waals surface area contributed by atoms with Gasteiger partial charge in [0, 0.05) is 17.5 Å². The van der Waals surface area contributed by atoms with E-state index in [-0.39, 0.29) is 0 Å². The lowest BCUT2D eigenvalue weighted by molar-refractivity contribution is 0.249. The van der Waals surface area contributed by atoms with Crippen molar-refractivity contribution in [3.8, 4) is 10.6 Å². The van der Waals surface area contributed by atoms with Crippen LogP contribution in [0.1, 0.15) is 36.5 Å². The Balaban J connectivity index is 2.31. The number of carbonyl (C=O) groups is 1. The van der Waals surface area contributed by atoms with Crippen LogP contribution in [0.5, 0.6) is 0 Å². The van der Waals surface area contributed by atoms with Crippen molar-refractivity contribution in [1.82, 2.24) is 15.4 Å². The number of urea groups is 1. The average molecular weight is 317 g/mol. The summed E-state index contributed by atoms with van der Waals surface area (Å²) in [6.07, 6.45) is 3.82. The Morgan fingerprint density at radius 2 is 2.27 bits per heavy atom. The molecule has 0 fully saturated rings. The van der Waals surface area contributed by atoms with Crippen LogP contribution < -0.4 is 11.2 Å². The zero-order valence-corrected chi connectivity index (χ0v) is 13.7. The van der Waals surface area contributed by atoms with Gasteiger partial charge in [0.05, 0.1) is 16.3 Å². The third-order valence-corrected chi connectivity index (χ3v) is 4.34. The molecule has 0 aromatic carbocycles. The van der Waals surface area contributed by atoms with Crippen LogP contribution in [-0.2, 0) is 6.42 Å². The number of nitrogens with one attached hydrogen (secondary N) is 1. The fourth-order valence-corrected chi connectivity index (χ4v) is 3.06. The van der Waals surface area contributed by atoms with Crippen molar-refractivity contribution in [2.24, 2.45) is 10.8 Å². The first-order valence-electron chi connectivity index (χ1n) is 7.04. The van der Waals surface area contributed by atoms with E-state index < -0.39 is 6.03 Å². The molecule has 0 saturated heterocycles. The topological polar surface area (TPSA) is 93.3 Å². The number of amides is 2. The number of hydrazone groups is 1. The fourth-order valence-electron chi connectivity index (χ4n) is 2.05. The van der Waals surface area contributed by atoms with Gasteiger partial charge < -0.3 is 5.73 Å². The Hall–Kier alpha value is -2.28. The summed E-state index contributed by atoms with van der Waals surface area (Å²) in [6, 6.07) is 3.34. The molecule has 0 aliphatic carbocycles. The van der Waals surface area contributed by atoms with E-state index in [1.165, 1.54) is 11.3 Å². The molecule has 0 bridgehead atoms. The first-order valence-corrected chi connectivity index (χ1v) is 7.85. The van der Waals surface area contributed by atoms with Crippen molar-refractivity contribution in [3.05, 3.63) is 34.6 Å². The SMILES string of the molecule is CCCc1cc(-c2nc(C)c(/C(C)=N/NC(N)=O)s2)ccn1. The molecule has 0 aliphatic rings. The van der Waals surface area contributed by atoms with Gasteiger partial charge in [-0.15, -0.1) is 11.3 Å². The quantitative estimate of drug-likeness (QED) is 0.656. The lowest BCUT2D eigenvalue weighted by Gasteiger charge is -2.00. The fraction of sp³-hybridized carbons (Fsp3) is 0.333. The molecule has 2 amide bonds. The number of carbonyl (C=O) groups excluding carboxylic acids is 1. The van der Waals surface area contributed by atoms with Crippen LogP contribution in [-0.4, -0.2) is 21.7 Å². The van der Waals surface area contributed by atoms with Gasteiger partial charge in [-0.3, -0.25) is 4.98 Å². The van der Waals surface area contributed by atoms with Gasteiger partial charge in [0.2, 0.25) is 0 Å². The molecule has 2 aromatic rings. The highest BCUT2D eigenvalue weighted by Gasteiger charge is 2.12. The second-order valence-corrected chi connectivity index (χ2v) is 5.89. The Labute approximate surface area is 133 Å². The average Bonchev–Trinajstić information content (AvgIpc) is 2.87. The largest absolute Gasteiger partial charge is 0.350 e. The molecular formula is C15H19N5OS. The van der Waals surface area contributed by atoms with Gasteiger partial charge >= 0.3 is 6.03 Å². The number of pyridine rings is 1. The summed E-state index contributed by atoms with van der Waals surface area (Å²) < 4.78 is 0. The first-order chi connectivity index (χ1) is 10.5. The highest BCUT2D eigenvalue weighted by Crippen LogP contribution is 2.28. The number of nitrogens with two attached hydrogens (primary N) is 1. The third kappa shape index (κ3) is 3.88. The van der Waals surface area contributed by atoms with E-state index in [4.69, 9.17) is 5.73 Å². The number of thiazole rings is 1. The van der Waals surface area contributed by atoms with E-state index in [0.717, 1.165) is 39.7 Å². The third-order valence-electron chi connectivity index (χ3n) is 3.03. The van der Waals surface area contributed by atoms with Crippen molar-refractivity contribution < 1.29 is 4.79 Å². The lowest BCUT2D eigenvalue weighted by atomic mass is 10.2. The van der Waals surface area contributed by atoms with Gasteiger partial charge in [0.1, 0.15) is 5.01 Å². The summed E-state index contributed by atoms with van der Waals surface area (Å²) in [5.41, 5.74) is 10.9. The Kier molecular flexibility index (Phi) is 5.21. The standard InChI is InChI=1S/C15H19N5OS/c1-4-5-12-8-11(6-7-17-12)14-18-9(2)13(22-14)10(3)19-20-15(16)21/h6-8H,4-5H2,1-3H3,(H3,16,20,21)/b19-10+. The molecule has 6 nitrogen and oxygen atoms in total. The summed E-state index contributed by atoms with van der Waals surface area (Å²) in [5.74, 6) is 0.